The van der Waals surface area contributed by atoms with Gasteiger partial charge in [-0.3, -0.25) is 10.1 Å². The molecule has 22 heavy (non-hydrogen) atoms. The molecule has 0 aliphatic heterocycles. The van der Waals surface area contributed by atoms with E-state index in [1.165, 1.54) is 17.7 Å². The van der Waals surface area contributed by atoms with E-state index in [4.69, 9.17) is 0 Å². The van der Waals surface area contributed by atoms with Gasteiger partial charge in [-0.05, 0) is 23.8 Å². The lowest BCUT2D eigenvalue weighted by Gasteiger charge is -2.02. The van der Waals surface area contributed by atoms with Crippen LogP contribution in [0, 0.1) is 10.1 Å². The summed E-state index contributed by atoms with van der Waals surface area (Å²) in [4.78, 5) is 10.3. The van der Waals surface area contributed by atoms with Gasteiger partial charge in [0.1, 0.15) is 0 Å². The van der Waals surface area contributed by atoms with Crippen LogP contribution in [0.3, 0.4) is 0 Å². The van der Waals surface area contributed by atoms with Crippen molar-refractivity contribution in [3.05, 3.63) is 94.8 Å². The minimum absolute atomic E-state index is 0.108. The zero-order chi connectivity index (χ0) is 15.4. The molecular weight excluding hydrogens is 276 g/mol. The van der Waals surface area contributed by atoms with Crippen LogP contribution in [0.2, 0.25) is 0 Å². The molecular formula is C18H15N2O2+. The molecule has 0 N–H and O–H groups in total. The van der Waals surface area contributed by atoms with Crippen molar-refractivity contribution in [1.82, 2.24) is 0 Å². The highest BCUT2D eigenvalue weighted by Gasteiger charge is 2.08. The first-order valence-corrected chi connectivity index (χ1v) is 7.00. The van der Waals surface area contributed by atoms with E-state index in [9.17, 15) is 10.1 Å². The number of aromatic nitrogens is 1. The topological polar surface area (TPSA) is 47.0 Å². The second-order valence-electron chi connectivity index (χ2n) is 5.05. The molecule has 4 heteroatoms. The molecule has 0 bridgehead atoms. The Morgan fingerprint density at radius 1 is 0.864 bits per heavy atom. The third-order valence-corrected chi connectivity index (χ3v) is 3.48. The Balaban J connectivity index is 1.86. The summed E-state index contributed by atoms with van der Waals surface area (Å²) < 4.78 is 2.10. The Labute approximate surface area is 128 Å². The van der Waals surface area contributed by atoms with Crippen molar-refractivity contribution in [1.29, 1.82) is 0 Å². The molecule has 0 fully saturated rings. The van der Waals surface area contributed by atoms with Crippen LogP contribution in [0.1, 0.15) is 5.56 Å². The predicted molar refractivity (Wildman–Crippen MR) is 84.3 cm³/mol. The molecule has 0 saturated carbocycles. The Bertz CT molecular complexity index is 784. The summed E-state index contributed by atoms with van der Waals surface area (Å²) in [6.45, 7) is 0.793. The van der Waals surface area contributed by atoms with Crippen molar-refractivity contribution in [2.45, 2.75) is 6.54 Å². The first kappa shape index (κ1) is 13.9. The number of hydrogen-bond donors (Lipinski definition) is 0. The number of hydrogen-bond acceptors (Lipinski definition) is 2. The molecule has 3 rings (SSSR count). The Morgan fingerprint density at radius 3 is 2.27 bits per heavy atom. The minimum Gasteiger partial charge on any atom is -0.258 e. The van der Waals surface area contributed by atoms with Crippen molar-refractivity contribution in [2.75, 3.05) is 0 Å². The summed E-state index contributed by atoms with van der Waals surface area (Å²) >= 11 is 0. The van der Waals surface area contributed by atoms with Crippen LogP contribution >= 0.6 is 0 Å². The second-order valence-corrected chi connectivity index (χ2v) is 5.05. The van der Waals surface area contributed by atoms with Crippen molar-refractivity contribution < 1.29 is 9.49 Å². The third kappa shape index (κ3) is 3.17. The zero-order valence-corrected chi connectivity index (χ0v) is 11.9. The number of nitrogens with zero attached hydrogens (tertiary/aromatic N) is 2. The van der Waals surface area contributed by atoms with Crippen LogP contribution < -0.4 is 4.57 Å². The van der Waals surface area contributed by atoms with E-state index >= 15 is 0 Å². The molecule has 0 spiro atoms. The highest BCUT2D eigenvalue weighted by molar-refractivity contribution is 5.63. The van der Waals surface area contributed by atoms with Crippen LogP contribution in [0.15, 0.2) is 79.1 Å². The van der Waals surface area contributed by atoms with Gasteiger partial charge in [0.05, 0.1) is 4.92 Å². The molecule has 3 aromatic rings. The largest absolute Gasteiger partial charge is 0.269 e. The molecule has 0 radical (unpaired) electrons. The fourth-order valence-corrected chi connectivity index (χ4v) is 2.36. The molecule has 0 saturated heterocycles. The number of rotatable bonds is 4. The van der Waals surface area contributed by atoms with Gasteiger partial charge in [0, 0.05) is 29.3 Å². The SMILES string of the molecule is O=[N+]([O-])c1ccc(-c2ccc[n+](Cc3ccccc3)c2)cc1. The molecule has 0 amide bonds. The molecule has 1 aromatic heterocycles. The highest BCUT2D eigenvalue weighted by Crippen LogP contribution is 2.21. The third-order valence-electron chi connectivity index (χ3n) is 3.48. The average Bonchev–Trinajstić information content (AvgIpc) is 2.56. The Hall–Kier alpha value is -3.01. The van der Waals surface area contributed by atoms with Crippen LogP contribution in [0.25, 0.3) is 11.1 Å². The van der Waals surface area contributed by atoms with Crippen LogP contribution in [0.5, 0.6) is 0 Å². The van der Waals surface area contributed by atoms with Crippen LogP contribution in [0.4, 0.5) is 5.69 Å². The predicted octanol–water partition coefficient (Wildman–Crippen LogP) is 3.60. The van der Waals surface area contributed by atoms with E-state index < -0.39 is 0 Å². The average molecular weight is 291 g/mol. The van der Waals surface area contributed by atoms with E-state index in [-0.39, 0.29) is 10.6 Å². The van der Waals surface area contributed by atoms with Gasteiger partial charge in [0.2, 0.25) is 0 Å². The molecule has 2 aromatic carbocycles. The second kappa shape index (κ2) is 6.18. The van der Waals surface area contributed by atoms with Crippen molar-refractivity contribution >= 4 is 5.69 Å². The summed E-state index contributed by atoms with van der Waals surface area (Å²) in [5.41, 5.74) is 3.34. The number of non-ortho nitro benzene ring substituents is 1. The van der Waals surface area contributed by atoms with Gasteiger partial charge in [-0.1, -0.05) is 30.3 Å². The van der Waals surface area contributed by atoms with Gasteiger partial charge in [0.25, 0.3) is 5.69 Å². The maximum atomic E-state index is 10.7. The Morgan fingerprint density at radius 2 is 1.59 bits per heavy atom. The zero-order valence-electron chi connectivity index (χ0n) is 11.9. The van der Waals surface area contributed by atoms with Gasteiger partial charge in [-0.15, -0.1) is 0 Å². The van der Waals surface area contributed by atoms with E-state index in [2.05, 4.69) is 16.7 Å². The van der Waals surface area contributed by atoms with E-state index in [1.807, 2.05) is 42.7 Å². The molecule has 0 unspecified atom stereocenters. The van der Waals surface area contributed by atoms with Crippen LogP contribution in [-0.2, 0) is 6.54 Å². The summed E-state index contributed by atoms with van der Waals surface area (Å²) in [5.74, 6) is 0. The normalized spacial score (nSPS) is 10.4. The maximum absolute atomic E-state index is 10.7. The number of nitro benzene ring substituents is 1. The van der Waals surface area contributed by atoms with Crippen molar-refractivity contribution in [3.8, 4) is 11.1 Å². The smallest absolute Gasteiger partial charge is 0.258 e. The monoisotopic (exact) mass is 291 g/mol. The summed E-state index contributed by atoms with van der Waals surface area (Å²) in [7, 11) is 0. The lowest BCUT2D eigenvalue weighted by Crippen LogP contribution is -2.33. The molecule has 0 aliphatic carbocycles. The molecule has 108 valence electrons. The van der Waals surface area contributed by atoms with Crippen molar-refractivity contribution in [2.24, 2.45) is 0 Å². The lowest BCUT2D eigenvalue weighted by atomic mass is 10.1. The maximum Gasteiger partial charge on any atom is 0.269 e. The molecule has 0 atom stereocenters. The minimum atomic E-state index is -0.385. The van der Waals surface area contributed by atoms with Gasteiger partial charge in [-0.2, -0.15) is 0 Å². The quantitative estimate of drug-likeness (QED) is 0.419. The summed E-state index contributed by atoms with van der Waals surface area (Å²) in [6.07, 6.45) is 4.07. The van der Waals surface area contributed by atoms with E-state index in [0.29, 0.717) is 0 Å². The van der Waals surface area contributed by atoms with Crippen molar-refractivity contribution in [3.63, 3.8) is 0 Å². The first-order chi connectivity index (χ1) is 10.7. The fourth-order valence-electron chi connectivity index (χ4n) is 2.36. The van der Waals surface area contributed by atoms with Crippen LogP contribution in [-0.4, -0.2) is 4.92 Å². The number of pyridine rings is 1. The molecule has 1 heterocycles. The summed E-state index contributed by atoms with van der Waals surface area (Å²) in [5, 5.41) is 10.7. The van der Waals surface area contributed by atoms with Gasteiger partial charge < -0.3 is 0 Å². The number of nitro groups is 1. The first-order valence-electron chi connectivity index (χ1n) is 7.00. The van der Waals surface area contributed by atoms with Gasteiger partial charge in [0.15, 0.2) is 18.9 Å². The molecule has 4 nitrogen and oxygen atoms in total. The highest BCUT2D eigenvalue weighted by atomic mass is 16.6. The molecule has 0 aliphatic rings. The van der Waals surface area contributed by atoms with Gasteiger partial charge in [-0.25, -0.2) is 4.57 Å². The summed E-state index contributed by atoms with van der Waals surface area (Å²) in [6, 6.07) is 20.8. The fraction of sp³-hybridized carbons (Fsp3) is 0.0556. The standard InChI is InChI=1S/C18H15N2O2/c21-20(22)18-10-8-16(9-11-18)17-7-4-12-19(14-17)13-15-5-2-1-3-6-15/h1-12,14H,13H2/q+1. The van der Waals surface area contributed by atoms with Gasteiger partial charge >= 0.3 is 0 Å². The number of benzene rings is 2. The van der Waals surface area contributed by atoms with E-state index in [0.717, 1.165) is 17.7 Å². The lowest BCUT2D eigenvalue weighted by molar-refractivity contribution is -0.687. The Kier molecular flexibility index (Phi) is 3.92. The van der Waals surface area contributed by atoms with E-state index in [1.54, 1.807) is 12.1 Å².